The molecule has 2 saturated heterocycles. The number of hydrogen-bond acceptors (Lipinski definition) is 5. The quantitative estimate of drug-likeness (QED) is 0.848. The smallest absolute Gasteiger partial charge is 0.274 e. The molecule has 4 rings (SSSR count). The number of carbonyl (C=O) groups is 1. The van der Waals surface area contributed by atoms with Crippen LogP contribution in [0.25, 0.3) is 0 Å². The minimum Gasteiger partial charge on any atom is -0.329 e. The summed E-state index contributed by atoms with van der Waals surface area (Å²) in [6, 6.07) is 4.28. The molecule has 0 radical (unpaired) electrons. The Hall–Kier alpha value is -2.34. The molecule has 1 amide bonds. The average Bonchev–Trinajstić information content (AvgIpc) is 3.34. The van der Waals surface area contributed by atoms with E-state index in [0.29, 0.717) is 5.69 Å². The van der Waals surface area contributed by atoms with Gasteiger partial charge in [-0.2, -0.15) is 0 Å². The number of hydrogen-bond donors (Lipinski definition) is 0. The van der Waals surface area contributed by atoms with Gasteiger partial charge in [0.1, 0.15) is 5.69 Å². The predicted octanol–water partition coefficient (Wildman–Crippen LogP) is 2.75. The van der Waals surface area contributed by atoms with Crippen molar-refractivity contribution in [2.45, 2.75) is 45.2 Å². The molecule has 2 fully saturated rings. The van der Waals surface area contributed by atoms with Crippen molar-refractivity contribution in [2.75, 3.05) is 19.6 Å². The Morgan fingerprint density at radius 1 is 1.04 bits per heavy atom. The van der Waals surface area contributed by atoms with E-state index in [9.17, 15) is 4.79 Å². The summed E-state index contributed by atoms with van der Waals surface area (Å²) in [5.41, 5.74) is 3.44. The van der Waals surface area contributed by atoms with E-state index in [1.807, 2.05) is 18.0 Å². The van der Waals surface area contributed by atoms with Crippen LogP contribution in [0.4, 0.5) is 0 Å². The number of carbonyl (C=O) groups excluding carboxylic acids is 1. The van der Waals surface area contributed by atoms with Gasteiger partial charge in [-0.25, -0.2) is 4.98 Å². The Labute approximate surface area is 154 Å². The Balaban J connectivity index is 1.47. The molecule has 2 aromatic rings. The van der Waals surface area contributed by atoms with Crippen LogP contribution in [0.1, 0.15) is 59.2 Å². The maximum absolute atomic E-state index is 12.8. The number of likely N-dealkylation sites (tertiary alicyclic amines) is 2. The van der Waals surface area contributed by atoms with Gasteiger partial charge in [-0.05, 0) is 57.3 Å². The largest absolute Gasteiger partial charge is 0.329 e. The Bertz CT molecular complexity index is 753. The van der Waals surface area contributed by atoms with E-state index < -0.39 is 0 Å². The number of nitrogens with zero attached hydrogens (tertiary/aromatic N) is 5. The first-order chi connectivity index (χ1) is 12.7. The topological polar surface area (TPSA) is 62.2 Å². The fraction of sp³-hybridized carbons (Fsp3) is 0.500. The van der Waals surface area contributed by atoms with Crippen molar-refractivity contribution in [2.24, 2.45) is 0 Å². The lowest BCUT2D eigenvalue weighted by Gasteiger charge is -2.24. The third kappa shape index (κ3) is 3.60. The van der Waals surface area contributed by atoms with Crippen molar-refractivity contribution >= 4 is 5.91 Å². The van der Waals surface area contributed by atoms with Crippen molar-refractivity contribution in [3.05, 3.63) is 53.4 Å². The average molecular weight is 351 g/mol. The number of pyridine rings is 1. The van der Waals surface area contributed by atoms with Crippen LogP contribution in [0.5, 0.6) is 0 Å². The van der Waals surface area contributed by atoms with Gasteiger partial charge in [0.05, 0.1) is 23.6 Å². The van der Waals surface area contributed by atoms with Crippen molar-refractivity contribution in [3.8, 4) is 0 Å². The molecular formula is C20H25N5O. The Morgan fingerprint density at radius 3 is 2.58 bits per heavy atom. The molecule has 6 heteroatoms. The molecule has 0 N–H and O–H groups in total. The highest BCUT2D eigenvalue weighted by Crippen LogP contribution is 2.32. The predicted molar refractivity (Wildman–Crippen MR) is 98.5 cm³/mol. The van der Waals surface area contributed by atoms with Gasteiger partial charge in [0.15, 0.2) is 0 Å². The summed E-state index contributed by atoms with van der Waals surface area (Å²) < 4.78 is 0. The van der Waals surface area contributed by atoms with Crippen molar-refractivity contribution in [3.63, 3.8) is 0 Å². The molecule has 136 valence electrons. The molecule has 0 spiro atoms. The molecule has 2 aliphatic heterocycles. The van der Waals surface area contributed by atoms with Crippen molar-refractivity contribution in [1.29, 1.82) is 0 Å². The van der Waals surface area contributed by atoms with Crippen LogP contribution in [-0.2, 0) is 6.54 Å². The van der Waals surface area contributed by atoms with Gasteiger partial charge in [-0.1, -0.05) is 6.07 Å². The minimum atomic E-state index is -0.0528. The third-order valence-corrected chi connectivity index (χ3v) is 5.31. The third-order valence-electron chi connectivity index (χ3n) is 5.31. The van der Waals surface area contributed by atoms with E-state index in [4.69, 9.17) is 0 Å². The number of aryl methyl sites for hydroxylation is 1. The highest BCUT2D eigenvalue weighted by Gasteiger charge is 2.32. The first-order valence-corrected chi connectivity index (χ1v) is 9.47. The second-order valence-electron chi connectivity index (χ2n) is 7.27. The standard InChI is InChI=1S/C20H25N5O/c1-15-11-22-18(13-21-15)20(26)25-10-4-5-19(25)17-7-6-16(12-23-17)14-24-8-2-3-9-24/h6-7,11-13,19H,2-5,8-10,14H2,1H3/t19-/m1/s1. The molecule has 26 heavy (non-hydrogen) atoms. The summed E-state index contributed by atoms with van der Waals surface area (Å²) in [6.45, 7) is 5.96. The molecule has 0 unspecified atom stereocenters. The molecule has 0 saturated carbocycles. The first-order valence-electron chi connectivity index (χ1n) is 9.47. The zero-order chi connectivity index (χ0) is 17.9. The first kappa shape index (κ1) is 17.1. The number of rotatable bonds is 4. The summed E-state index contributed by atoms with van der Waals surface area (Å²) in [6.07, 6.45) is 9.72. The fourth-order valence-electron chi connectivity index (χ4n) is 3.89. The van der Waals surface area contributed by atoms with Crippen LogP contribution in [0.3, 0.4) is 0 Å². The fourth-order valence-corrected chi connectivity index (χ4v) is 3.89. The zero-order valence-electron chi connectivity index (χ0n) is 15.3. The van der Waals surface area contributed by atoms with Crippen LogP contribution in [0.2, 0.25) is 0 Å². The van der Waals surface area contributed by atoms with E-state index in [1.165, 1.54) is 31.5 Å². The van der Waals surface area contributed by atoms with E-state index in [2.05, 4.69) is 32.0 Å². The highest BCUT2D eigenvalue weighted by atomic mass is 16.2. The van der Waals surface area contributed by atoms with E-state index in [0.717, 1.165) is 37.3 Å². The summed E-state index contributed by atoms with van der Waals surface area (Å²) in [5, 5.41) is 0. The Kier molecular flexibility index (Phi) is 4.93. The summed E-state index contributed by atoms with van der Waals surface area (Å²) in [5.74, 6) is -0.0528. The van der Waals surface area contributed by atoms with Gasteiger partial charge in [0, 0.05) is 25.5 Å². The van der Waals surface area contributed by atoms with Crippen LogP contribution in [0.15, 0.2) is 30.7 Å². The van der Waals surface area contributed by atoms with Gasteiger partial charge in [-0.15, -0.1) is 0 Å². The second-order valence-corrected chi connectivity index (χ2v) is 7.27. The van der Waals surface area contributed by atoms with Gasteiger partial charge in [0.25, 0.3) is 5.91 Å². The lowest BCUT2D eigenvalue weighted by Crippen LogP contribution is -2.31. The number of amides is 1. The van der Waals surface area contributed by atoms with Crippen molar-refractivity contribution in [1.82, 2.24) is 24.8 Å². The Morgan fingerprint density at radius 2 is 1.88 bits per heavy atom. The monoisotopic (exact) mass is 351 g/mol. The molecule has 2 aliphatic rings. The van der Waals surface area contributed by atoms with Crippen molar-refractivity contribution < 1.29 is 4.79 Å². The van der Waals surface area contributed by atoms with Gasteiger partial charge < -0.3 is 4.90 Å². The second kappa shape index (κ2) is 7.50. The molecule has 1 atom stereocenters. The maximum Gasteiger partial charge on any atom is 0.274 e. The van der Waals surface area contributed by atoms with Gasteiger partial charge >= 0.3 is 0 Å². The minimum absolute atomic E-state index is 0.0337. The molecule has 0 bridgehead atoms. The highest BCUT2D eigenvalue weighted by molar-refractivity contribution is 5.92. The lowest BCUT2D eigenvalue weighted by atomic mass is 10.1. The molecule has 0 aromatic carbocycles. The van der Waals surface area contributed by atoms with Crippen LogP contribution in [-0.4, -0.2) is 50.3 Å². The van der Waals surface area contributed by atoms with Gasteiger partial charge in [-0.3, -0.25) is 19.7 Å². The summed E-state index contributed by atoms with van der Waals surface area (Å²) >= 11 is 0. The molecule has 2 aromatic heterocycles. The van der Waals surface area contributed by atoms with E-state index in [-0.39, 0.29) is 11.9 Å². The molecular weight excluding hydrogens is 326 g/mol. The van der Waals surface area contributed by atoms with Crippen LogP contribution in [0, 0.1) is 6.92 Å². The summed E-state index contributed by atoms with van der Waals surface area (Å²) in [7, 11) is 0. The zero-order valence-corrected chi connectivity index (χ0v) is 15.3. The van der Waals surface area contributed by atoms with E-state index >= 15 is 0 Å². The van der Waals surface area contributed by atoms with Crippen LogP contribution >= 0.6 is 0 Å². The van der Waals surface area contributed by atoms with Crippen LogP contribution < -0.4 is 0 Å². The lowest BCUT2D eigenvalue weighted by molar-refractivity contribution is 0.0726. The summed E-state index contributed by atoms with van der Waals surface area (Å²) in [4.78, 5) is 30.3. The molecule has 6 nitrogen and oxygen atoms in total. The molecule has 0 aliphatic carbocycles. The van der Waals surface area contributed by atoms with E-state index in [1.54, 1.807) is 12.4 Å². The number of aromatic nitrogens is 3. The van der Waals surface area contributed by atoms with Gasteiger partial charge in [0.2, 0.25) is 0 Å². The SMILES string of the molecule is Cc1cnc(C(=O)N2CCC[C@@H]2c2ccc(CN3CCCC3)cn2)cn1. The molecule has 4 heterocycles. The normalized spacial score (nSPS) is 20.7. The maximum atomic E-state index is 12.8.